The summed E-state index contributed by atoms with van der Waals surface area (Å²) in [5.74, 6) is -1.35. The molecule has 4 nitrogen and oxygen atoms in total. The van der Waals surface area contributed by atoms with Gasteiger partial charge in [-0.2, -0.15) is 52.7 Å². The van der Waals surface area contributed by atoms with Gasteiger partial charge in [-0.15, -0.1) is 5.10 Å². The van der Waals surface area contributed by atoms with Gasteiger partial charge in [0, 0.05) is 11.8 Å². The quantitative estimate of drug-likeness (QED) is 0.322. The molecule has 16 heteroatoms. The number of halogens is 12. The zero-order chi connectivity index (χ0) is 24.8. The molecule has 0 atom stereocenters. The van der Waals surface area contributed by atoms with Crippen LogP contribution in [0.1, 0.15) is 12.5 Å². The van der Waals surface area contributed by atoms with Gasteiger partial charge in [0.25, 0.3) is 5.54 Å². The lowest BCUT2D eigenvalue weighted by molar-refractivity contribution is -0.384. The predicted octanol–water partition coefficient (Wildman–Crippen LogP) is 5.46. The van der Waals surface area contributed by atoms with Crippen molar-refractivity contribution in [2.24, 2.45) is 10.1 Å². The van der Waals surface area contributed by atoms with Crippen molar-refractivity contribution in [1.29, 1.82) is 0 Å². The average Bonchev–Trinajstić information content (AvgIpc) is 2.99. The molecule has 0 spiro atoms. The van der Waals surface area contributed by atoms with Crippen LogP contribution in [0.4, 0.5) is 52.7 Å². The highest BCUT2D eigenvalue weighted by Gasteiger charge is 2.88. The number of hydrogen-bond donors (Lipinski definition) is 0. The summed E-state index contributed by atoms with van der Waals surface area (Å²) in [4.78, 5) is 1.73. The highest BCUT2D eigenvalue weighted by atomic mass is 19.4. The molecule has 0 unspecified atom stereocenters. The molecule has 1 aromatic rings. The Bertz CT molecular complexity index is 797. The van der Waals surface area contributed by atoms with Crippen molar-refractivity contribution in [2.75, 3.05) is 6.61 Å². The van der Waals surface area contributed by atoms with E-state index in [-0.39, 0.29) is 0 Å². The summed E-state index contributed by atoms with van der Waals surface area (Å²) in [6.45, 7) is 0.555. The lowest BCUT2D eigenvalue weighted by Gasteiger charge is -2.45. The Hall–Kier alpha value is -2.68. The van der Waals surface area contributed by atoms with Crippen molar-refractivity contribution in [3.05, 3.63) is 35.9 Å². The van der Waals surface area contributed by atoms with Gasteiger partial charge in [0.2, 0.25) is 5.90 Å². The first-order valence-electron chi connectivity index (χ1n) is 8.27. The van der Waals surface area contributed by atoms with Crippen molar-refractivity contribution in [3.63, 3.8) is 0 Å². The second kappa shape index (κ2) is 7.72. The topological polar surface area (TPSA) is 37.2 Å². The Kier molecular flexibility index (Phi) is 6.17. The number of hydrogen-bond acceptors (Lipinski definition) is 4. The SMILES string of the molecule is CCOC(=NN1C(C(F)(F)F)(C(F)(F)F)C=NC1(C(F)(F)F)C(F)(F)F)c1ccccc1. The Labute approximate surface area is 171 Å². The number of rotatable bonds is 3. The van der Waals surface area contributed by atoms with E-state index in [1.807, 2.05) is 0 Å². The standard InChI is InChI=1S/C16H11F12N3O/c1-2-32-10(9-6-4-3-5-7-9)30-31-11(13(17,18)19,14(20,21)22)8-29-12(31,15(23,24)25)16(26,27)28/h3-8H,2H2,1H3. The van der Waals surface area contributed by atoms with E-state index in [4.69, 9.17) is 4.74 Å². The lowest BCUT2D eigenvalue weighted by atomic mass is 9.97. The first kappa shape index (κ1) is 25.6. The van der Waals surface area contributed by atoms with Crippen LogP contribution >= 0.6 is 0 Å². The second-order valence-corrected chi connectivity index (χ2v) is 6.20. The lowest BCUT2D eigenvalue weighted by Crippen LogP contribution is -2.74. The summed E-state index contributed by atoms with van der Waals surface area (Å²) in [6.07, 6.45) is -28.6. The molecule has 0 fully saturated rings. The van der Waals surface area contributed by atoms with Gasteiger partial charge in [-0.25, -0.2) is 10.0 Å². The molecule has 32 heavy (non-hydrogen) atoms. The Morgan fingerprint density at radius 3 is 1.69 bits per heavy atom. The zero-order valence-corrected chi connectivity index (χ0v) is 15.5. The fraction of sp³-hybridized carbons (Fsp3) is 0.500. The highest BCUT2D eigenvalue weighted by molar-refractivity contribution is 5.94. The molecule has 1 aliphatic rings. The third-order valence-corrected chi connectivity index (χ3v) is 4.23. The minimum absolute atomic E-state index is 0.488. The van der Waals surface area contributed by atoms with Crippen LogP contribution in [0, 0.1) is 0 Å². The van der Waals surface area contributed by atoms with Crippen molar-refractivity contribution in [1.82, 2.24) is 5.01 Å². The third kappa shape index (κ3) is 3.72. The first-order valence-corrected chi connectivity index (χ1v) is 8.27. The number of hydrazone groups is 1. The Morgan fingerprint density at radius 2 is 1.31 bits per heavy atom. The van der Waals surface area contributed by atoms with Crippen LogP contribution in [-0.2, 0) is 4.74 Å². The van der Waals surface area contributed by atoms with Crippen LogP contribution in [0.2, 0.25) is 0 Å². The molecule has 0 radical (unpaired) electrons. The molecule has 1 heterocycles. The monoisotopic (exact) mass is 489 g/mol. The molecule has 0 aromatic heterocycles. The molecular weight excluding hydrogens is 478 g/mol. The van der Waals surface area contributed by atoms with Crippen molar-refractivity contribution >= 4 is 12.1 Å². The summed E-state index contributed by atoms with van der Waals surface area (Å²) in [6, 6.07) is 5.48. The number of aliphatic imine (C=N–C) groups is 1. The molecule has 0 aliphatic carbocycles. The average molecular weight is 489 g/mol. The largest absolute Gasteiger partial charge is 0.477 e. The molecule has 0 saturated carbocycles. The summed E-state index contributed by atoms with van der Waals surface area (Å²) in [7, 11) is 0. The third-order valence-electron chi connectivity index (χ3n) is 4.23. The Balaban J connectivity index is 3.01. The van der Waals surface area contributed by atoms with Crippen LogP contribution in [0.5, 0.6) is 0 Å². The molecule has 1 aromatic carbocycles. The molecule has 0 bridgehead atoms. The van der Waals surface area contributed by atoms with E-state index in [0.29, 0.717) is 0 Å². The van der Waals surface area contributed by atoms with E-state index < -0.39 is 65.2 Å². The van der Waals surface area contributed by atoms with E-state index in [1.54, 1.807) is 4.99 Å². The molecule has 0 amide bonds. The van der Waals surface area contributed by atoms with Crippen molar-refractivity contribution in [2.45, 2.75) is 42.8 Å². The first-order chi connectivity index (χ1) is 14.4. The van der Waals surface area contributed by atoms with Crippen LogP contribution in [0.3, 0.4) is 0 Å². The number of benzene rings is 1. The van der Waals surface area contributed by atoms with Crippen molar-refractivity contribution < 1.29 is 57.4 Å². The van der Waals surface area contributed by atoms with Crippen LogP contribution in [0.15, 0.2) is 40.4 Å². The number of alkyl halides is 12. The maximum absolute atomic E-state index is 13.6. The predicted molar refractivity (Wildman–Crippen MR) is 84.6 cm³/mol. The summed E-state index contributed by atoms with van der Waals surface area (Å²) < 4.78 is 168. The molecule has 0 N–H and O–H groups in total. The fourth-order valence-corrected chi connectivity index (χ4v) is 2.78. The second-order valence-electron chi connectivity index (χ2n) is 6.20. The summed E-state index contributed by atoms with van der Waals surface area (Å²) >= 11 is 0. The molecule has 0 saturated heterocycles. The molecule has 180 valence electrons. The highest BCUT2D eigenvalue weighted by Crippen LogP contribution is 2.60. The van der Waals surface area contributed by atoms with E-state index in [2.05, 4.69) is 5.10 Å². The smallest absolute Gasteiger partial charge is 0.443 e. The van der Waals surface area contributed by atoms with Gasteiger partial charge in [0.15, 0.2) is 0 Å². The molecule has 2 rings (SSSR count). The van der Waals surface area contributed by atoms with Crippen LogP contribution in [0.25, 0.3) is 0 Å². The maximum atomic E-state index is 13.6. The van der Waals surface area contributed by atoms with Gasteiger partial charge in [-0.05, 0) is 19.1 Å². The number of nitrogens with zero attached hydrogens (tertiary/aromatic N) is 3. The van der Waals surface area contributed by atoms with Crippen LogP contribution in [-0.4, -0.2) is 59.6 Å². The van der Waals surface area contributed by atoms with Gasteiger partial charge < -0.3 is 4.74 Å². The van der Waals surface area contributed by atoms with E-state index in [1.165, 1.54) is 6.07 Å². The summed E-state index contributed by atoms with van der Waals surface area (Å²) in [5, 5.41) is 0.363. The van der Waals surface area contributed by atoms with E-state index >= 15 is 0 Å². The zero-order valence-electron chi connectivity index (χ0n) is 15.5. The number of ether oxygens (including phenoxy) is 1. The summed E-state index contributed by atoms with van der Waals surface area (Å²) in [5.41, 5.74) is -12.4. The minimum Gasteiger partial charge on any atom is -0.477 e. The Morgan fingerprint density at radius 1 is 0.844 bits per heavy atom. The van der Waals surface area contributed by atoms with Gasteiger partial charge in [-0.3, -0.25) is 0 Å². The molecule has 1 aliphatic heterocycles. The van der Waals surface area contributed by atoms with Gasteiger partial charge in [0.05, 0.1) is 6.61 Å². The maximum Gasteiger partial charge on any atom is 0.443 e. The van der Waals surface area contributed by atoms with Gasteiger partial charge in [-0.1, -0.05) is 18.2 Å². The minimum atomic E-state index is -6.81. The van der Waals surface area contributed by atoms with E-state index in [0.717, 1.165) is 31.2 Å². The molecular formula is C16H11F12N3O. The van der Waals surface area contributed by atoms with Crippen molar-refractivity contribution in [3.8, 4) is 0 Å². The van der Waals surface area contributed by atoms with Gasteiger partial charge >= 0.3 is 30.4 Å². The van der Waals surface area contributed by atoms with Gasteiger partial charge in [0.1, 0.15) is 0 Å². The fourth-order valence-electron chi connectivity index (χ4n) is 2.78. The van der Waals surface area contributed by atoms with E-state index in [9.17, 15) is 52.7 Å². The normalized spacial score (nSPS) is 19.4. The van der Waals surface area contributed by atoms with Crippen LogP contribution < -0.4 is 0 Å².